The third-order valence-electron chi connectivity index (χ3n) is 1.47. The van der Waals surface area contributed by atoms with E-state index in [-0.39, 0.29) is 17.5 Å². The van der Waals surface area contributed by atoms with Gasteiger partial charge in [0, 0.05) is 12.6 Å². The maximum atomic E-state index is 11.5. The molecule has 82 valence electrons. The smallest absolute Gasteiger partial charge is 0.315 e. The van der Waals surface area contributed by atoms with Crippen molar-refractivity contribution < 1.29 is 9.59 Å². The number of carbonyl (C=O) groups excluding carboxylic acids is 2. The molecule has 0 rings (SSSR count). The molecule has 0 bridgehead atoms. The number of amides is 3. The predicted octanol–water partition coefficient (Wildman–Crippen LogP) is 0.219. The highest BCUT2D eigenvalue weighted by molar-refractivity contribution is 5.86. The van der Waals surface area contributed by atoms with Crippen LogP contribution in [0.3, 0.4) is 0 Å². The standard InChI is InChI=1S/C9H19N3O2/c1-6(11-8(14)10-5)7(13)12-9(2,3)4/h6H,1-5H3,(H,12,13)(H2,10,11,14). The van der Waals surface area contributed by atoms with E-state index in [9.17, 15) is 9.59 Å². The summed E-state index contributed by atoms with van der Waals surface area (Å²) in [6.07, 6.45) is 0. The fourth-order valence-electron chi connectivity index (χ4n) is 0.812. The Hall–Kier alpha value is -1.26. The molecule has 5 heteroatoms. The highest BCUT2D eigenvalue weighted by Crippen LogP contribution is 1.99. The first-order valence-electron chi connectivity index (χ1n) is 4.56. The molecule has 0 saturated heterocycles. The molecule has 0 aromatic heterocycles. The van der Waals surface area contributed by atoms with Gasteiger partial charge in [-0.2, -0.15) is 0 Å². The van der Waals surface area contributed by atoms with E-state index < -0.39 is 6.04 Å². The summed E-state index contributed by atoms with van der Waals surface area (Å²) in [6.45, 7) is 7.29. The Morgan fingerprint density at radius 2 is 1.71 bits per heavy atom. The Morgan fingerprint density at radius 1 is 1.21 bits per heavy atom. The van der Waals surface area contributed by atoms with Crippen molar-refractivity contribution >= 4 is 11.9 Å². The van der Waals surface area contributed by atoms with E-state index in [2.05, 4.69) is 16.0 Å². The predicted molar refractivity (Wildman–Crippen MR) is 54.9 cm³/mol. The summed E-state index contributed by atoms with van der Waals surface area (Å²) in [7, 11) is 1.50. The average Bonchev–Trinajstić information content (AvgIpc) is 2.00. The molecular formula is C9H19N3O2. The van der Waals surface area contributed by atoms with Gasteiger partial charge in [-0.3, -0.25) is 4.79 Å². The zero-order valence-corrected chi connectivity index (χ0v) is 9.39. The van der Waals surface area contributed by atoms with Crippen LogP contribution in [0.5, 0.6) is 0 Å². The van der Waals surface area contributed by atoms with Crippen LogP contribution >= 0.6 is 0 Å². The number of hydrogen-bond acceptors (Lipinski definition) is 2. The summed E-state index contributed by atoms with van der Waals surface area (Å²) < 4.78 is 0. The number of carbonyl (C=O) groups is 2. The van der Waals surface area contributed by atoms with Crippen molar-refractivity contribution in [2.45, 2.75) is 39.3 Å². The Bertz CT molecular complexity index is 221. The largest absolute Gasteiger partial charge is 0.350 e. The van der Waals surface area contributed by atoms with Crippen molar-refractivity contribution in [3.05, 3.63) is 0 Å². The molecule has 0 fully saturated rings. The van der Waals surface area contributed by atoms with Crippen LogP contribution in [-0.4, -0.2) is 30.6 Å². The maximum Gasteiger partial charge on any atom is 0.315 e. The van der Waals surface area contributed by atoms with Gasteiger partial charge in [0.05, 0.1) is 0 Å². The molecule has 5 nitrogen and oxygen atoms in total. The van der Waals surface area contributed by atoms with Gasteiger partial charge in [0.25, 0.3) is 0 Å². The second-order valence-corrected chi connectivity index (χ2v) is 4.18. The van der Waals surface area contributed by atoms with Gasteiger partial charge in [-0.1, -0.05) is 0 Å². The summed E-state index contributed by atoms with van der Waals surface area (Å²) >= 11 is 0. The Morgan fingerprint density at radius 3 is 2.07 bits per heavy atom. The number of hydrogen-bond donors (Lipinski definition) is 3. The van der Waals surface area contributed by atoms with Crippen LogP contribution in [0.2, 0.25) is 0 Å². The van der Waals surface area contributed by atoms with Crippen molar-refractivity contribution in [2.75, 3.05) is 7.05 Å². The molecule has 0 spiro atoms. The molecule has 14 heavy (non-hydrogen) atoms. The van der Waals surface area contributed by atoms with E-state index >= 15 is 0 Å². The van der Waals surface area contributed by atoms with Crippen molar-refractivity contribution in [3.63, 3.8) is 0 Å². The molecule has 0 aliphatic rings. The van der Waals surface area contributed by atoms with E-state index in [4.69, 9.17) is 0 Å². The van der Waals surface area contributed by atoms with E-state index in [0.29, 0.717) is 0 Å². The van der Waals surface area contributed by atoms with Crippen LogP contribution in [0.4, 0.5) is 4.79 Å². The van der Waals surface area contributed by atoms with Crippen LogP contribution in [-0.2, 0) is 4.79 Å². The molecule has 3 N–H and O–H groups in total. The molecule has 1 atom stereocenters. The van der Waals surface area contributed by atoms with Crippen molar-refractivity contribution in [2.24, 2.45) is 0 Å². The Kier molecular flexibility index (Phi) is 4.40. The fourth-order valence-corrected chi connectivity index (χ4v) is 0.812. The number of urea groups is 1. The minimum atomic E-state index is -0.533. The first-order valence-corrected chi connectivity index (χ1v) is 4.56. The summed E-state index contributed by atoms with van der Waals surface area (Å²) in [5, 5.41) is 7.64. The number of rotatable bonds is 2. The van der Waals surface area contributed by atoms with Gasteiger partial charge < -0.3 is 16.0 Å². The fraction of sp³-hybridized carbons (Fsp3) is 0.778. The van der Waals surface area contributed by atoms with E-state index in [1.807, 2.05) is 20.8 Å². The summed E-state index contributed by atoms with van der Waals surface area (Å²) in [5.74, 6) is -0.193. The van der Waals surface area contributed by atoms with E-state index in [0.717, 1.165) is 0 Å². The maximum absolute atomic E-state index is 11.5. The summed E-state index contributed by atoms with van der Waals surface area (Å²) in [4.78, 5) is 22.3. The molecule has 0 aromatic carbocycles. The quantitative estimate of drug-likeness (QED) is 0.598. The van der Waals surface area contributed by atoms with Crippen LogP contribution in [0.25, 0.3) is 0 Å². The zero-order valence-electron chi connectivity index (χ0n) is 9.39. The van der Waals surface area contributed by atoms with Gasteiger partial charge in [0.2, 0.25) is 5.91 Å². The number of nitrogens with one attached hydrogen (secondary N) is 3. The molecule has 0 aromatic rings. The minimum Gasteiger partial charge on any atom is -0.350 e. The first-order chi connectivity index (χ1) is 6.26. The highest BCUT2D eigenvalue weighted by atomic mass is 16.2. The minimum absolute atomic E-state index is 0.193. The SMILES string of the molecule is CNC(=O)NC(C)C(=O)NC(C)(C)C. The topological polar surface area (TPSA) is 70.2 Å². The van der Waals surface area contributed by atoms with E-state index in [1.165, 1.54) is 7.05 Å². The molecule has 0 aliphatic heterocycles. The summed E-state index contributed by atoms with van der Waals surface area (Å²) in [6, 6.07) is -0.893. The van der Waals surface area contributed by atoms with Gasteiger partial charge in [0.15, 0.2) is 0 Å². The van der Waals surface area contributed by atoms with Gasteiger partial charge in [0.1, 0.15) is 6.04 Å². The molecule has 1 unspecified atom stereocenters. The van der Waals surface area contributed by atoms with Gasteiger partial charge in [-0.15, -0.1) is 0 Å². The lowest BCUT2D eigenvalue weighted by atomic mass is 10.1. The lowest BCUT2D eigenvalue weighted by Gasteiger charge is -2.23. The zero-order chi connectivity index (χ0) is 11.4. The first kappa shape index (κ1) is 12.7. The van der Waals surface area contributed by atoms with Crippen LogP contribution in [0.15, 0.2) is 0 Å². The Labute approximate surface area is 84.6 Å². The van der Waals surface area contributed by atoms with E-state index in [1.54, 1.807) is 6.92 Å². The lowest BCUT2D eigenvalue weighted by Crippen LogP contribution is -2.52. The molecular weight excluding hydrogens is 182 g/mol. The second-order valence-electron chi connectivity index (χ2n) is 4.18. The summed E-state index contributed by atoms with van der Waals surface area (Å²) in [5.41, 5.74) is -0.282. The average molecular weight is 201 g/mol. The third-order valence-corrected chi connectivity index (χ3v) is 1.47. The van der Waals surface area contributed by atoms with Gasteiger partial charge in [-0.05, 0) is 27.7 Å². The van der Waals surface area contributed by atoms with Crippen molar-refractivity contribution in [1.82, 2.24) is 16.0 Å². The molecule has 3 amide bonds. The van der Waals surface area contributed by atoms with Crippen LogP contribution in [0.1, 0.15) is 27.7 Å². The third kappa shape index (κ3) is 5.40. The molecule has 0 radical (unpaired) electrons. The molecule has 0 aliphatic carbocycles. The second kappa shape index (κ2) is 4.83. The monoisotopic (exact) mass is 201 g/mol. The highest BCUT2D eigenvalue weighted by Gasteiger charge is 2.19. The van der Waals surface area contributed by atoms with Gasteiger partial charge >= 0.3 is 6.03 Å². The molecule has 0 heterocycles. The Balaban J connectivity index is 4.07. The van der Waals surface area contributed by atoms with Gasteiger partial charge in [-0.25, -0.2) is 4.79 Å². The van der Waals surface area contributed by atoms with Crippen LogP contribution < -0.4 is 16.0 Å². The lowest BCUT2D eigenvalue weighted by molar-refractivity contribution is -0.123. The molecule has 0 saturated carbocycles. The van der Waals surface area contributed by atoms with Crippen LogP contribution in [0, 0.1) is 0 Å². The van der Waals surface area contributed by atoms with Crippen molar-refractivity contribution in [1.29, 1.82) is 0 Å². The normalized spacial score (nSPS) is 12.9. The van der Waals surface area contributed by atoms with Crippen molar-refractivity contribution in [3.8, 4) is 0 Å².